The van der Waals surface area contributed by atoms with Crippen LogP contribution in [0.25, 0.3) is 11.0 Å². The molecular formula is C14H16N4O5. The Morgan fingerprint density at radius 2 is 2.09 bits per heavy atom. The van der Waals surface area contributed by atoms with Gasteiger partial charge in [0.05, 0.1) is 18.2 Å². The van der Waals surface area contributed by atoms with Crippen LogP contribution in [0.3, 0.4) is 0 Å². The zero-order chi connectivity index (χ0) is 17.0. The molecule has 2 rings (SSSR count). The van der Waals surface area contributed by atoms with Gasteiger partial charge in [0.15, 0.2) is 6.10 Å². The summed E-state index contributed by atoms with van der Waals surface area (Å²) in [5.74, 6) is -1.48. The molecule has 2 aromatic rings. The number of nitrogens with zero attached hydrogens (tertiary/aromatic N) is 3. The maximum absolute atomic E-state index is 12.1. The van der Waals surface area contributed by atoms with Crippen LogP contribution in [0.2, 0.25) is 0 Å². The number of carbonyl (C=O) groups excluding carboxylic acids is 3. The zero-order valence-corrected chi connectivity index (χ0v) is 12.9. The van der Waals surface area contributed by atoms with Crippen LogP contribution in [0.4, 0.5) is 4.79 Å². The molecular weight excluding hydrogens is 304 g/mol. The topological polar surface area (TPSA) is 112 Å². The minimum atomic E-state index is -1.15. The molecule has 1 atom stereocenters. The third-order valence-electron chi connectivity index (χ3n) is 3.11. The molecule has 0 fully saturated rings. The summed E-state index contributed by atoms with van der Waals surface area (Å²) in [5.41, 5.74) is 1.58. The van der Waals surface area contributed by atoms with E-state index in [1.54, 1.807) is 16.8 Å². The van der Waals surface area contributed by atoms with E-state index in [0.717, 1.165) is 12.6 Å². The Kier molecular flexibility index (Phi) is 4.89. The summed E-state index contributed by atoms with van der Waals surface area (Å²) in [7, 11) is 1.12. The number of hydrogen-bond acceptors (Lipinski definition) is 7. The van der Waals surface area contributed by atoms with Crippen molar-refractivity contribution in [2.45, 2.75) is 26.5 Å². The molecule has 0 saturated carbocycles. The molecule has 1 aromatic carbocycles. The maximum atomic E-state index is 12.1. The highest BCUT2D eigenvalue weighted by molar-refractivity contribution is 5.98. The van der Waals surface area contributed by atoms with Crippen molar-refractivity contribution < 1.29 is 23.9 Å². The fourth-order valence-electron chi connectivity index (χ4n) is 1.87. The number of carbonyl (C=O) groups is 3. The second kappa shape index (κ2) is 6.86. The number of aromatic nitrogens is 3. The van der Waals surface area contributed by atoms with Crippen molar-refractivity contribution >= 4 is 29.0 Å². The second-order valence-electron chi connectivity index (χ2n) is 4.64. The van der Waals surface area contributed by atoms with Crippen LogP contribution in [-0.4, -0.2) is 46.2 Å². The number of alkyl carbamates (subject to hydrolysis) is 1. The van der Waals surface area contributed by atoms with Crippen LogP contribution in [0.15, 0.2) is 18.2 Å². The standard InChI is InChI=1S/C14H16N4O5/c1-4-18-11-6-5-9(7-10(11)16-17-18)13(20)23-8(2)12(19)15-14(21)22-3/h5-8H,4H2,1-3H3,(H,15,19,21)/t8-/m1/s1. The van der Waals surface area contributed by atoms with E-state index < -0.39 is 24.1 Å². The summed E-state index contributed by atoms with van der Waals surface area (Å²) in [5, 5.41) is 9.83. The van der Waals surface area contributed by atoms with E-state index in [2.05, 4.69) is 15.0 Å². The van der Waals surface area contributed by atoms with Crippen molar-refractivity contribution in [3.63, 3.8) is 0 Å². The van der Waals surface area contributed by atoms with Crippen LogP contribution in [0.1, 0.15) is 24.2 Å². The van der Waals surface area contributed by atoms with Gasteiger partial charge in [-0.3, -0.25) is 10.1 Å². The molecule has 0 aliphatic carbocycles. The predicted octanol–water partition coefficient (Wildman–Crippen LogP) is 0.879. The smallest absolute Gasteiger partial charge is 0.413 e. The summed E-state index contributed by atoms with van der Waals surface area (Å²) in [6.45, 7) is 3.94. The van der Waals surface area contributed by atoms with Crippen LogP contribution in [0, 0.1) is 0 Å². The minimum absolute atomic E-state index is 0.235. The van der Waals surface area contributed by atoms with E-state index in [0.29, 0.717) is 12.1 Å². The number of ether oxygens (including phenoxy) is 2. The fourth-order valence-corrected chi connectivity index (χ4v) is 1.87. The summed E-state index contributed by atoms with van der Waals surface area (Å²) in [4.78, 5) is 34.6. The molecule has 0 aliphatic rings. The normalized spacial score (nSPS) is 11.8. The van der Waals surface area contributed by atoms with Crippen LogP contribution >= 0.6 is 0 Å². The van der Waals surface area contributed by atoms with E-state index in [1.165, 1.54) is 13.0 Å². The lowest BCUT2D eigenvalue weighted by molar-refractivity contribution is -0.128. The Labute approximate surface area is 131 Å². The van der Waals surface area contributed by atoms with E-state index in [9.17, 15) is 14.4 Å². The Morgan fingerprint density at radius 1 is 1.35 bits per heavy atom. The number of imide groups is 1. The molecule has 0 unspecified atom stereocenters. The molecule has 0 bridgehead atoms. The van der Waals surface area contributed by atoms with Crippen molar-refractivity contribution in [2.75, 3.05) is 7.11 Å². The first kappa shape index (κ1) is 16.4. The number of fused-ring (bicyclic) bond motifs is 1. The van der Waals surface area contributed by atoms with Gasteiger partial charge < -0.3 is 9.47 Å². The van der Waals surface area contributed by atoms with Gasteiger partial charge in [-0.25, -0.2) is 14.3 Å². The fraction of sp³-hybridized carbons (Fsp3) is 0.357. The van der Waals surface area contributed by atoms with Gasteiger partial charge in [-0.2, -0.15) is 0 Å². The minimum Gasteiger partial charge on any atom is -0.453 e. The molecule has 0 spiro atoms. The third-order valence-corrected chi connectivity index (χ3v) is 3.11. The highest BCUT2D eigenvalue weighted by Gasteiger charge is 2.21. The molecule has 0 radical (unpaired) electrons. The summed E-state index contributed by atoms with van der Waals surface area (Å²) in [6, 6.07) is 4.79. The summed E-state index contributed by atoms with van der Waals surface area (Å²) < 4.78 is 11.0. The van der Waals surface area contributed by atoms with E-state index in [-0.39, 0.29) is 5.56 Å². The van der Waals surface area contributed by atoms with Crippen LogP contribution < -0.4 is 5.32 Å². The molecule has 9 nitrogen and oxygen atoms in total. The Hall–Kier alpha value is -2.97. The number of benzene rings is 1. The molecule has 1 aromatic heterocycles. The molecule has 23 heavy (non-hydrogen) atoms. The highest BCUT2D eigenvalue weighted by atomic mass is 16.6. The lowest BCUT2D eigenvalue weighted by Gasteiger charge is -2.12. The largest absolute Gasteiger partial charge is 0.453 e. The van der Waals surface area contributed by atoms with Gasteiger partial charge in [-0.05, 0) is 32.0 Å². The van der Waals surface area contributed by atoms with Crippen LogP contribution in [0.5, 0.6) is 0 Å². The third kappa shape index (κ3) is 3.62. The molecule has 1 N–H and O–H groups in total. The number of hydrogen-bond donors (Lipinski definition) is 1. The molecule has 2 amide bonds. The first-order chi connectivity index (χ1) is 11.0. The van der Waals surface area contributed by atoms with Gasteiger partial charge >= 0.3 is 12.1 Å². The summed E-state index contributed by atoms with van der Waals surface area (Å²) in [6.07, 6.45) is -2.07. The summed E-state index contributed by atoms with van der Waals surface area (Å²) >= 11 is 0. The number of esters is 1. The molecule has 0 saturated heterocycles. The van der Waals surface area contributed by atoms with Gasteiger partial charge in [0.2, 0.25) is 0 Å². The maximum Gasteiger partial charge on any atom is 0.413 e. The van der Waals surface area contributed by atoms with Crippen molar-refractivity contribution in [3.05, 3.63) is 23.8 Å². The Morgan fingerprint density at radius 3 is 2.74 bits per heavy atom. The van der Waals surface area contributed by atoms with Gasteiger partial charge in [0.1, 0.15) is 5.52 Å². The SMILES string of the molecule is CCn1nnc2cc(C(=O)O[C@H](C)C(=O)NC(=O)OC)ccc21. The van der Waals surface area contributed by atoms with Crippen LogP contribution in [-0.2, 0) is 20.8 Å². The number of amides is 2. The Balaban J connectivity index is 2.08. The number of aryl methyl sites for hydroxylation is 1. The quantitative estimate of drug-likeness (QED) is 0.832. The van der Waals surface area contributed by atoms with Gasteiger partial charge in [0.25, 0.3) is 5.91 Å². The lowest BCUT2D eigenvalue weighted by Crippen LogP contribution is -2.39. The van der Waals surface area contributed by atoms with Gasteiger partial charge in [0, 0.05) is 6.54 Å². The number of rotatable bonds is 4. The van der Waals surface area contributed by atoms with Crippen molar-refractivity contribution in [2.24, 2.45) is 0 Å². The van der Waals surface area contributed by atoms with Gasteiger partial charge in [-0.1, -0.05) is 5.21 Å². The zero-order valence-electron chi connectivity index (χ0n) is 12.9. The second-order valence-corrected chi connectivity index (χ2v) is 4.64. The van der Waals surface area contributed by atoms with Crippen molar-refractivity contribution in [1.29, 1.82) is 0 Å². The molecule has 122 valence electrons. The van der Waals surface area contributed by atoms with Crippen molar-refractivity contribution in [3.8, 4) is 0 Å². The molecule has 9 heteroatoms. The average Bonchev–Trinajstić information content (AvgIpc) is 2.96. The molecule has 1 heterocycles. The average molecular weight is 320 g/mol. The predicted molar refractivity (Wildman–Crippen MR) is 78.6 cm³/mol. The lowest BCUT2D eigenvalue weighted by atomic mass is 10.2. The Bertz CT molecular complexity index is 755. The van der Waals surface area contributed by atoms with E-state index >= 15 is 0 Å². The number of nitrogens with one attached hydrogen (secondary N) is 1. The first-order valence-corrected chi connectivity index (χ1v) is 6.89. The number of methoxy groups -OCH3 is 1. The monoisotopic (exact) mass is 320 g/mol. The molecule has 0 aliphatic heterocycles. The highest BCUT2D eigenvalue weighted by Crippen LogP contribution is 2.14. The first-order valence-electron chi connectivity index (χ1n) is 6.89. The van der Waals surface area contributed by atoms with Gasteiger partial charge in [-0.15, -0.1) is 5.10 Å². The van der Waals surface area contributed by atoms with E-state index in [1.807, 2.05) is 12.2 Å². The van der Waals surface area contributed by atoms with Crippen molar-refractivity contribution in [1.82, 2.24) is 20.3 Å². The van der Waals surface area contributed by atoms with E-state index in [4.69, 9.17) is 4.74 Å².